The molecular weight excluding hydrogens is 500 g/mol. The monoisotopic (exact) mass is 540 g/mol. The quantitative estimate of drug-likeness (QED) is 0.350. The molecule has 3 aromatic rings. The number of nitrogens with zero attached hydrogens (tertiary/aromatic N) is 4. The second-order valence-electron chi connectivity index (χ2n) is 11.7. The summed E-state index contributed by atoms with van der Waals surface area (Å²) >= 11 is 5.83. The van der Waals surface area contributed by atoms with Gasteiger partial charge in [0, 0.05) is 44.2 Å². The van der Waals surface area contributed by atoms with Gasteiger partial charge < -0.3 is 20.4 Å². The highest BCUT2D eigenvalue weighted by Crippen LogP contribution is 2.39. The summed E-state index contributed by atoms with van der Waals surface area (Å²) in [4.78, 5) is 14.7. The van der Waals surface area contributed by atoms with E-state index in [1.165, 1.54) is 61.6 Å². The van der Waals surface area contributed by atoms with E-state index in [0.717, 1.165) is 44.4 Å². The zero-order valence-corrected chi connectivity index (χ0v) is 23.8. The van der Waals surface area contributed by atoms with Gasteiger partial charge in [0.25, 0.3) is 0 Å². The average Bonchev–Trinajstić information content (AvgIpc) is 3.42. The number of benzene rings is 2. The Morgan fingerprint density at radius 3 is 2.26 bits per heavy atom. The zero-order valence-electron chi connectivity index (χ0n) is 23.0. The van der Waals surface area contributed by atoms with Crippen LogP contribution in [-0.4, -0.2) is 34.7 Å². The van der Waals surface area contributed by atoms with Crippen LogP contribution >= 0.6 is 12.2 Å². The molecule has 2 fully saturated rings. The molecule has 204 valence electrons. The topological polar surface area (TPSA) is 56.3 Å². The van der Waals surface area contributed by atoms with Crippen LogP contribution in [0.3, 0.4) is 0 Å². The van der Waals surface area contributed by atoms with Gasteiger partial charge in [0.15, 0.2) is 5.11 Å². The number of anilines is 3. The largest absolute Gasteiger partial charge is 0.361 e. The molecule has 0 bridgehead atoms. The predicted molar refractivity (Wildman–Crippen MR) is 164 cm³/mol. The van der Waals surface area contributed by atoms with E-state index in [-0.39, 0.29) is 5.41 Å². The summed E-state index contributed by atoms with van der Waals surface area (Å²) in [5.41, 5.74) is 4.27. The Kier molecular flexibility index (Phi) is 7.69. The van der Waals surface area contributed by atoms with E-state index in [1.807, 2.05) is 0 Å². The first-order valence-corrected chi connectivity index (χ1v) is 15.0. The minimum Gasteiger partial charge on any atom is -0.361 e. The fraction of sp³-hybridized carbons (Fsp3) is 0.469. The van der Waals surface area contributed by atoms with Crippen LogP contribution in [0, 0.1) is 5.92 Å². The van der Waals surface area contributed by atoms with Crippen LogP contribution in [0.5, 0.6) is 0 Å². The van der Waals surface area contributed by atoms with Gasteiger partial charge in [0.2, 0.25) is 5.95 Å². The molecule has 3 aliphatic rings. The van der Waals surface area contributed by atoms with Gasteiger partial charge in [-0.15, -0.1) is 0 Å². The van der Waals surface area contributed by atoms with E-state index < -0.39 is 0 Å². The van der Waals surface area contributed by atoms with Crippen molar-refractivity contribution >= 4 is 34.9 Å². The predicted octanol–water partition coefficient (Wildman–Crippen LogP) is 6.42. The van der Waals surface area contributed by atoms with E-state index in [9.17, 15) is 0 Å². The van der Waals surface area contributed by atoms with E-state index in [4.69, 9.17) is 22.2 Å². The molecule has 0 radical (unpaired) electrons. The fourth-order valence-corrected chi connectivity index (χ4v) is 6.84. The van der Waals surface area contributed by atoms with E-state index in [1.54, 1.807) is 0 Å². The van der Waals surface area contributed by atoms with Gasteiger partial charge in [0.1, 0.15) is 11.6 Å². The Hall–Kier alpha value is -3.19. The van der Waals surface area contributed by atoms with Gasteiger partial charge >= 0.3 is 0 Å². The van der Waals surface area contributed by atoms with Crippen LogP contribution in [0.15, 0.2) is 60.7 Å². The summed E-state index contributed by atoms with van der Waals surface area (Å²) in [5, 5.41) is 7.53. The number of hydrogen-bond donors (Lipinski definition) is 2. The minimum atomic E-state index is 0.115. The standard InChI is InChI=1S/C32H40N6S/c1-24-11-10-18-37(20-24)28-19-29(38-21-25-12-6-7-13-26(25)22-38)35-30(34-28)36-31(39)33-23-32(16-8-3-9-17-32)27-14-4-2-5-15-27/h2,4-7,12-15,19,24H,3,8-11,16-18,20-23H2,1H3,(H2,33,34,35,36,39)/t24-/m0/s1. The maximum absolute atomic E-state index is 5.83. The molecule has 2 aromatic carbocycles. The first-order chi connectivity index (χ1) is 19.1. The van der Waals surface area contributed by atoms with Crippen molar-refractivity contribution in [2.24, 2.45) is 5.92 Å². The number of hydrogen-bond acceptors (Lipinski definition) is 5. The first-order valence-electron chi connectivity index (χ1n) is 14.6. The molecule has 7 heteroatoms. The van der Waals surface area contributed by atoms with Crippen LogP contribution in [0.4, 0.5) is 17.6 Å². The molecule has 1 saturated carbocycles. The highest BCUT2D eigenvalue weighted by Gasteiger charge is 2.34. The number of piperidine rings is 1. The zero-order chi connectivity index (χ0) is 26.7. The molecule has 3 heterocycles. The molecule has 39 heavy (non-hydrogen) atoms. The minimum absolute atomic E-state index is 0.115. The van der Waals surface area contributed by atoms with Gasteiger partial charge in [0.05, 0.1) is 0 Å². The van der Waals surface area contributed by atoms with Crippen LogP contribution in [-0.2, 0) is 18.5 Å². The normalized spacial score (nSPS) is 20.4. The number of aromatic nitrogens is 2. The van der Waals surface area contributed by atoms with Gasteiger partial charge in [-0.25, -0.2) is 0 Å². The molecule has 6 nitrogen and oxygen atoms in total. The number of fused-ring (bicyclic) bond motifs is 1. The third kappa shape index (κ3) is 5.88. The van der Waals surface area contributed by atoms with Crippen molar-refractivity contribution in [2.45, 2.75) is 70.4 Å². The fourth-order valence-electron chi connectivity index (χ4n) is 6.68. The Bertz CT molecular complexity index is 1260. The lowest BCUT2D eigenvalue weighted by Gasteiger charge is -2.38. The third-order valence-electron chi connectivity index (χ3n) is 8.85. The lowest BCUT2D eigenvalue weighted by atomic mass is 9.69. The van der Waals surface area contributed by atoms with E-state index in [0.29, 0.717) is 17.0 Å². The average molecular weight is 541 g/mol. The Balaban J connectivity index is 1.21. The van der Waals surface area contributed by atoms with E-state index in [2.05, 4.69) is 88.0 Å². The number of nitrogens with one attached hydrogen (secondary N) is 2. The van der Waals surface area contributed by atoms with Crippen LogP contribution in [0.1, 0.15) is 68.6 Å². The first kappa shape index (κ1) is 26.1. The smallest absolute Gasteiger partial charge is 0.232 e. The van der Waals surface area contributed by atoms with Gasteiger partial charge in [-0.2, -0.15) is 9.97 Å². The molecular formula is C32H40N6S. The highest BCUT2D eigenvalue weighted by molar-refractivity contribution is 7.80. The molecule has 1 aromatic heterocycles. The second kappa shape index (κ2) is 11.5. The lowest BCUT2D eigenvalue weighted by molar-refractivity contribution is 0.292. The number of rotatable bonds is 6. The molecule has 1 saturated heterocycles. The van der Waals surface area contributed by atoms with Crippen molar-refractivity contribution in [3.63, 3.8) is 0 Å². The Morgan fingerprint density at radius 1 is 0.897 bits per heavy atom. The Morgan fingerprint density at radius 2 is 1.56 bits per heavy atom. The highest BCUT2D eigenvalue weighted by atomic mass is 32.1. The summed E-state index contributed by atoms with van der Waals surface area (Å²) in [5.74, 6) is 3.18. The molecule has 2 aliphatic heterocycles. The van der Waals surface area contributed by atoms with E-state index >= 15 is 0 Å². The summed E-state index contributed by atoms with van der Waals surface area (Å²) < 4.78 is 0. The van der Waals surface area contributed by atoms with Crippen LogP contribution in [0.25, 0.3) is 0 Å². The molecule has 2 N–H and O–H groups in total. The lowest BCUT2D eigenvalue weighted by Crippen LogP contribution is -2.43. The van der Waals surface area contributed by atoms with Gasteiger partial charge in [-0.1, -0.05) is 80.8 Å². The molecule has 1 aliphatic carbocycles. The molecule has 0 amide bonds. The Labute approximate surface area is 238 Å². The maximum atomic E-state index is 5.83. The summed E-state index contributed by atoms with van der Waals surface area (Å²) in [7, 11) is 0. The van der Waals surface area contributed by atoms with Crippen molar-refractivity contribution in [3.8, 4) is 0 Å². The second-order valence-corrected chi connectivity index (χ2v) is 12.1. The van der Waals surface area contributed by atoms with Crippen molar-refractivity contribution in [1.82, 2.24) is 15.3 Å². The maximum Gasteiger partial charge on any atom is 0.232 e. The van der Waals surface area contributed by atoms with Crippen molar-refractivity contribution < 1.29 is 0 Å². The molecule has 0 unspecified atom stereocenters. The van der Waals surface area contributed by atoms with Gasteiger partial charge in [-0.05, 0) is 60.5 Å². The third-order valence-corrected chi connectivity index (χ3v) is 9.10. The van der Waals surface area contributed by atoms with Crippen molar-refractivity contribution in [1.29, 1.82) is 0 Å². The van der Waals surface area contributed by atoms with Gasteiger partial charge in [-0.3, -0.25) is 0 Å². The summed E-state index contributed by atoms with van der Waals surface area (Å²) in [6.07, 6.45) is 8.68. The molecule has 0 spiro atoms. The summed E-state index contributed by atoms with van der Waals surface area (Å²) in [6, 6.07) is 21.8. The number of thiocarbonyl (C=S) groups is 1. The van der Waals surface area contributed by atoms with Crippen LogP contribution < -0.4 is 20.4 Å². The van der Waals surface area contributed by atoms with Crippen molar-refractivity contribution in [3.05, 3.63) is 77.4 Å². The van der Waals surface area contributed by atoms with Crippen LogP contribution in [0.2, 0.25) is 0 Å². The SMILES string of the molecule is C[C@H]1CCCN(c2cc(N3Cc4ccccc4C3)nc(NC(=S)NCC3(c4ccccc4)CCCCC3)n2)C1. The van der Waals surface area contributed by atoms with Crippen molar-refractivity contribution in [2.75, 3.05) is 34.8 Å². The summed E-state index contributed by atoms with van der Waals surface area (Å²) in [6.45, 7) is 6.94. The molecule has 6 rings (SSSR count). The molecule has 1 atom stereocenters.